The first-order chi connectivity index (χ1) is 8.69. The molecule has 0 aromatic carbocycles. The maximum Gasteiger partial charge on any atom is 0.222 e. The average Bonchev–Trinajstić information content (AvgIpc) is 2.37. The molecular formula is C14H26N2O2. The Labute approximate surface area is 110 Å². The van der Waals surface area contributed by atoms with Crippen LogP contribution in [0.2, 0.25) is 0 Å². The SMILES string of the molecule is CN1CC(CN2CCC(CCO)CC2)CCC1=O. The van der Waals surface area contributed by atoms with Gasteiger partial charge in [-0.05, 0) is 50.6 Å². The Bertz CT molecular complexity index is 275. The van der Waals surface area contributed by atoms with Crippen molar-refractivity contribution < 1.29 is 9.90 Å². The van der Waals surface area contributed by atoms with Gasteiger partial charge in [-0.15, -0.1) is 0 Å². The number of carbonyl (C=O) groups excluding carboxylic acids is 1. The quantitative estimate of drug-likeness (QED) is 0.812. The van der Waals surface area contributed by atoms with Crippen LogP contribution in [0.4, 0.5) is 0 Å². The maximum absolute atomic E-state index is 11.4. The van der Waals surface area contributed by atoms with Crippen molar-refractivity contribution in [1.29, 1.82) is 0 Å². The number of piperidine rings is 2. The molecule has 2 rings (SSSR count). The minimum Gasteiger partial charge on any atom is -0.396 e. The van der Waals surface area contributed by atoms with Crippen molar-refractivity contribution >= 4 is 5.91 Å². The molecule has 0 radical (unpaired) electrons. The minimum absolute atomic E-state index is 0.299. The third kappa shape index (κ3) is 3.69. The van der Waals surface area contributed by atoms with Crippen LogP contribution < -0.4 is 0 Å². The van der Waals surface area contributed by atoms with E-state index in [1.54, 1.807) is 0 Å². The predicted molar refractivity (Wildman–Crippen MR) is 71.2 cm³/mol. The topological polar surface area (TPSA) is 43.8 Å². The molecular weight excluding hydrogens is 228 g/mol. The molecule has 0 aromatic heterocycles. The summed E-state index contributed by atoms with van der Waals surface area (Å²) < 4.78 is 0. The molecule has 0 aliphatic carbocycles. The van der Waals surface area contributed by atoms with Gasteiger partial charge < -0.3 is 14.9 Å². The lowest BCUT2D eigenvalue weighted by Crippen LogP contribution is -2.44. The zero-order valence-corrected chi connectivity index (χ0v) is 11.5. The standard InChI is InChI=1S/C14H26N2O2/c1-15-10-13(2-3-14(15)18)11-16-7-4-12(5-8-16)6-9-17/h12-13,17H,2-11H2,1H3. The third-order valence-corrected chi connectivity index (χ3v) is 4.49. The van der Waals surface area contributed by atoms with Crippen molar-refractivity contribution in [3.05, 3.63) is 0 Å². The van der Waals surface area contributed by atoms with E-state index in [-0.39, 0.29) is 0 Å². The summed E-state index contributed by atoms with van der Waals surface area (Å²) in [4.78, 5) is 15.9. The van der Waals surface area contributed by atoms with Crippen molar-refractivity contribution in [2.45, 2.75) is 32.1 Å². The van der Waals surface area contributed by atoms with Gasteiger partial charge in [0, 0.05) is 33.2 Å². The highest BCUT2D eigenvalue weighted by molar-refractivity contribution is 5.76. The summed E-state index contributed by atoms with van der Waals surface area (Å²) in [6.07, 6.45) is 5.19. The Morgan fingerprint density at radius 3 is 2.56 bits per heavy atom. The van der Waals surface area contributed by atoms with E-state index in [0.29, 0.717) is 18.4 Å². The minimum atomic E-state index is 0.299. The molecule has 104 valence electrons. The third-order valence-electron chi connectivity index (χ3n) is 4.49. The second-order valence-electron chi connectivity index (χ2n) is 5.94. The summed E-state index contributed by atoms with van der Waals surface area (Å²) in [6, 6.07) is 0. The molecule has 2 fully saturated rings. The lowest BCUT2D eigenvalue weighted by Gasteiger charge is -2.37. The molecule has 0 bridgehead atoms. The zero-order chi connectivity index (χ0) is 13.0. The van der Waals surface area contributed by atoms with Gasteiger partial charge in [-0.3, -0.25) is 4.79 Å². The van der Waals surface area contributed by atoms with Crippen LogP contribution in [0.5, 0.6) is 0 Å². The van der Waals surface area contributed by atoms with Crippen LogP contribution in [0, 0.1) is 11.8 Å². The smallest absolute Gasteiger partial charge is 0.222 e. The van der Waals surface area contributed by atoms with Gasteiger partial charge in [-0.1, -0.05) is 0 Å². The van der Waals surface area contributed by atoms with E-state index in [4.69, 9.17) is 5.11 Å². The van der Waals surface area contributed by atoms with Crippen molar-refractivity contribution in [3.8, 4) is 0 Å². The summed E-state index contributed by atoms with van der Waals surface area (Å²) in [6.45, 7) is 4.73. The highest BCUT2D eigenvalue weighted by Crippen LogP contribution is 2.23. The number of rotatable bonds is 4. The van der Waals surface area contributed by atoms with Crippen LogP contribution in [0.3, 0.4) is 0 Å². The monoisotopic (exact) mass is 254 g/mol. The number of aliphatic hydroxyl groups excluding tert-OH is 1. The van der Waals surface area contributed by atoms with Gasteiger partial charge in [0.2, 0.25) is 5.91 Å². The summed E-state index contributed by atoms with van der Waals surface area (Å²) in [5.41, 5.74) is 0. The number of nitrogens with zero attached hydrogens (tertiary/aromatic N) is 2. The van der Waals surface area contributed by atoms with Crippen molar-refractivity contribution in [3.63, 3.8) is 0 Å². The molecule has 1 N–H and O–H groups in total. The fourth-order valence-electron chi connectivity index (χ4n) is 3.25. The number of hydrogen-bond donors (Lipinski definition) is 1. The molecule has 1 atom stereocenters. The Morgan fingerprint density at radius 1 is 1.22 bits per heavy atom. The molecule has 1 unspecified atom stereocenters. The van der Waals surface area contributed by atoms with Gasteiger partial charge in [0.1, 0.15) is 0 Å². The van der Waals surface area contributed by atoms with E-state index in [0.717, 1.165) is 38.3 Å². The van der Waals surface area contributed by atoms with Crippen LogP contribution >= 0.6 is 0 Å². The number of carbonyl (C=O) groups is 1. The molecule has 18 heavy (non-hydrogen) atoms. The number of amides is 1. The van der Waals surface area contributed by atoms with Gasteiger partial charge in [-0.2, -0.15) is 0 Å². The summed E-state index contributed by atoms with van der Waals surface area (Å²) in [7, 11) is 1.92. The highest BCUT2D eigenvalue weighted by Gasteiger charge is 2.26. The lowest BCUT2D eigenvalue weighted by molar-refractivity contribution is -0.133. The van der Waals surface area contributed by atoms with Crippen LogP contribution in [0.25, 0.3) is 0 Å². The van der Waals surface area contributed by atoms with E-state index < -0.39 is 0 Å². The van der Waals surface area contributed by atoms with Crippen molar-refractivity contribution in [2.24, 2.45) is 11.8 Å². The van der Waals surface area contributed by atoms with Crippen molar-refractivity contribution in [1.82, 2.24) is 9.80 Å². The van der Waals surface area contributed by atoms with Gasteiger partial charge in [0.25, 0.3) is 0 Å². The fraction of sp³-hybridized carbons (Fsp3) is 0.929. The molecule has 4 heteroatoms. The Kier molecular flexibility index (Phi) is 5.01. The molecule has 2 aliphatic rings. The zero-order valence-electron chi connectivity index (χ0n) is 11.5. The molecule has 2 aliphatic heterocycles. The first kappa shape index (κ1) is 13.8. The van der Waals surface area contributed by atoms with Gasteiger partial charge in [0.15, 0.2) is 0 Å². The van der Waals surface area contributed by atoms with Crippen molar-refractivity contribution in [2.75, 3.05) is 39.8 Å². The van der Waals surface area contributed by atoms with Gasteiger partial charge in [-0.25, -0.2) is 0 Å². The van der Waals surface area contributed by atoms with E-state index in [9.17, 15) is 4.79 Å². The van der Waals surface area contributed by atoms with E-state index >= 15 is 0 Å². The van der Waals surface area contributed by atoms with Gasteiger partial charge >= 0.3 is 0 Å². The first-order valence-corrected chi connectivity index (χ1v) is 7.26. The van der Waals surface area contributed by atoms with E-state index in [2.05, 4.69) is 4.90 Å². The average molecular weight is 254 g/mol. The molecule has 4 nitrogen and oxygen atoms in total. The van der Waals surface area contributed by atoms with Crippen LogP contribution in [0.15, 0.2) is 0 Å². The summed E-state index contributed by atoms with van der Waals surface area (Å²) >= 11 is 0. The largest absolute Gasteiger partial charge is 0.396 e. The molecule has 1 amide bonds. The molecule has 2 heterocycles. The normalized spacial score (nSPS) is 27.8. The molecule has 0 saturated carbocycles. The second kappa shape index (κ2) is 6.53. The molecule has 0 spiro atoms. The number of aliphatic hydroxyl groups is 1. The second-order valence-corrected chi connectivity index (χ2v) is 5.94. The Balaban J connectivity index is 1.70. The fourth-order valence-corrected chi connectivity index (χ4v) is 3.25. The van der Waals surface area contributed by atoms with Crippen LogP contribution in [-0.2, 0) is 4.79 Å². The first-order valence-electron chi connectivity index (χ1n) is 7.26. The van der Waals surface area contributed by atoms with E-state index in [1.165, 1.54) is 25.9 Å². The number of hydrogen-bond acceptors (Lipinski definition) is 3. The maximum atomic E-state index is 11.4. The van der Waals surface area contributed by atoms with Crippen LogP contribution in [0.1, 0.15) is 32.1 Å². The molecule has 0 aromatic rings. The lowest BCUT2D eigenvalue weighted by atomic mass is 9.92. The van der Waals surface area contributed by atoms with E-state index in [1.807, 2.05) is 11.9 Å². The van der Waals surface area contributed by atoms with Crippen LogP contribution in [-0.4, -0.2) is 60.6 Å². The highest BCUT2D eigenvalue weighted by atomic mass is 16.3. The molecule has 2 saturated heterocycles. The Morgan fingerprint density at radius 2 is 1.94 bits per heavy atom. The predicted octanol–water partition coefficient (Wildman–Crippen LogP) is 0.949. The summed E-state index contributed by atoms with van der Waals surface area (Å²) in [5.74, 6) is 1.68. The Hall–Kier alpha value is -0.610. The summed E-state index contributed by atoms with van der Waals surface area (Å²) in [5, 5.41) is 8.95. The number of likely N-dealkylation sites (tertiary alicyclic amines) is 2. The van der Waals surface area contributed by atoms with Gasteiger partial charge in [0.05, 0.1) is 0 Å².